The zero-order valence-electron chi connectivity index (χ0n) is 13.0. The van der Waals surface area contributed by atoms with Crippen LogP contribution in [0, 0.1) is 24.7 Å². The van der Waals surface area contributed by atoms with Crippen molar-refractivity contribution in [3.63, 3.8) is 0 Å². The summed E-state index contributed by atoms with van der Waals surface area (Å²) in [6.45, 7) is 3.55. The maximum atomic E-state index is 12.2. The Balaban J connectivity index is 1.57. The predicted octanol–water partition coefficient (Wildman–Crippen LogP) is 3.15. The van der Waals surface area contributed by atoms with Gasteiger partial charge in [-0.1, -0.05) is 6.42 Å². The van der Waals surface area contributed by atoms with Gasteiger partial charge in [0.2, 0.25) is 5.91 Å². The number of rotatable bonds is 5. The van der Waals surface area contributed by atoms with Crippen LogP contribution < -0.4 is 5.32 Å². The minimum atomic E-state index is -0.957. The summed E-state index contributed by atoms with van der Waals surface area (Å²) in [5, 5.41) is 12.7. The molecule has 2 fully saturated rings. The van der Waals surface area contributed by atoms with Gasteiger partial charge < -0.3 is 10.4 Å². The number of amides is 1. The molecule has 22 heavy (non-hydrogen) atoms. The second-order valence-electron chi connectivity index (χ2n) is 6.70. The highest BCUT2D eigenvalue weighted by Crippen LogP contribution is 2.49. The third kappa shape index (κ3) is 3.02. The molecule has 0 spiro atoms. The van der Waals surface area contributed by atoms with Crippen molar-refractivity contribution < 1.29 is 14.7 Å². The van der Waals surface area contributed by atoms with Crippen LogP contribution >= 0.6 is 11.3 Å². The average molecular weight is 322 g/mol. The molecule has 5 nitrogen and oxygen atoms in total. The largest absolute Gasteiger partial charge is 0.477 e. The van der Waals surface area contributed by atoms with E-state index in [0.717, 1.165) is 23.2 Å². The zero-order chi connectivity index (χ0) is 15.9. The molecule has 2 aliphatic carbocycles. The molecule has 120 valence electrons. The lowest BCUT2D eigenvalue weighted by Gasteiger charge is -2.21. The first-order valence-electron chi connectivity index (χ1n) is 7.94. The van der Waals surface area contributed by atoms with Crippen molar-refractivity contribution >= 4 is 23.2 Å². The average Bonchev–Trinajstić information content (AvgIpc) is 3.12. The lowest BCUT2D eigenvalue weighted by Crippen LogP contribution is -2.29. The molecule has 4 unspecified atom stereocenters. The molecule has 0 saturated heterocycles. The number of carbonyl (C=O) groups is 2. The highest BCUT2D eigenvalue weighted by molar-refractivity contribution is 7.13. The number of hydrogen-bond acceptors (Lipinski definition) is 4. The van der Waals surface area contributed by atoms with Crippen LogP contribution in [0.5, 0.6) is 0 Å². The van der Waals surface area contributed by atoms with Crippen molar-refractivity contribution in [2.45, 2.75) is 52.0 Å². The third-order valence-electron chi connectivity index (χ3n) is 5.09. The molecule has 2 aliphatic rings. The predicted molar refractivity (Wildman–Crippen MR) is 83.9 cm³/mol. The van der Waals surface area contributed by atoms with Gasteiger partial charge in [-0.25, -0.2) is 9.78 Å². The topological polar surface area (TPSA) is 79.3 Å². The molecular formula is C16H22N2O3S. The molecule has 6 heteroatoms. The number of thiazole rings is 1. The summed E-state index contributed by atoms with van der Waals surface area (Å²) in [6, 6.07) is -0.233. The van der Waals surface area contributed by atoms with Gasteiger partial charge in [0.25, 0.3) is 0 Å². The van der Waals surface area contributed by atoms with E-state index in [1.807, 2.05) is 6.92 Å². The number of aromatic carboxylic acids is 1. The smallest absolute Gasteiger partial charge is 0.347 e. The lowest BCUT2D eigenvalue weighted by molar-refractivity contribution is -0.123. The fourth-order valence-corrected chi connectivity index (χ4v) is 4.94. The minimum absolute atomic E-state index is 0.0646. The summed E-state index contributed by atoms with van der Waals surface area (Å²) >= 11 is 1.15. The summed E-state index contributed by atoms with van der Waals surface area (Å²) in [7, 11) is 0. The van der Waals surface area contributed by atoms with Crippen LogP contribution in [0.1, 0.15) is 65.4 Å². The van der Waals surface area contributed by atoms with E-state index in [2.05, 4.69) is 10.3 Å². The van der Waals surface area contributed by atoms with Crippen molar-refractivity contribution in [2.24, 2.45) is 17.8 Å². The van der Waals surface area contributed by atoms with E-state index < -0.39 is 5.97 Å². The van der Waals surface area contributed by atoms with Crippen molar-refractivity contribution in [3.05, 3.63) is 15.6 Å². The van der Waals surface area contributed by atoms with E-state index >= 15 is 0 Å². The van der Waals surface area contributed by atoms with Crippen LogP contribution in [0.2, 0.25) is 0 Å². The Kier molecular flexibility index (Phi) is 4.21. The van der Waals surface area contributed by atoms with Crippen LogP contribution in [0.15, 0.2) is 0 Å². The number of nitrogens with zero attached hydrogens (tertiary/aromatic N) is 1. The number of nitrogens with one attached hydrogen (secondary N) is 1. The molecule has 0 aromatic carbocycles. The SMILES string of the molecule is Cc1nc(C(C)NC(=O)CC2CC3CCC2C3)sc1C(=O)O. The quantitative estimate of drug-likeness (QED) is 0.873. The minimum Gasteiger partial charge on any atom is -0.477 e. The Morgan fingerprint density at radius 1 is 1.41 bits per heavy atom. The van der Waals surface area contributed by atoms with E-state index in [0.29, 0.717) is 23.0 Å². The second kappa shape index (κ2) is 5.99. The first-order chi connectivity index (χ1) is 10.4. The maximum absolute atomic E-state index is 12.2. The summed E-state index contributed by atoms with van der Waals surface area (Å²) in [5.41, 5.74) is 0.515. The molecule has 1 aromatic rings. The first kappa shape index (κ1) is 15.5. The van der Waals surface area contributed by atoms with Gasteiger partial charge in [0, 0.05) is 6.42 Å². The van der Waals surface area contributed by atoms with Crippen molar-refractivity contribution in [1.29, 1.82) is 0 Å². The van der Waals surface area contributed by atoms with Crippen LogP contribution in [0.3, 0.4) is 0 Å². The fourth-order valence-electron chi connectivity index (χ4n) is 4.03. The maximum Gasteiger partial charge on any atom is 0.347 e. The highest BCUT2D eigenvalue weighted by Gasteiger charge is 2.40. The molecular weight excluding hydrogens is 300 g/mol. The highest BCUT2D eigenvalue weighted by atomic mass is 32.1. The van der Waals surface area contributed by atoms with Crippen molar-refractivity contribution in [2.75, 3.05) is 0 Å². The molecule has 2 saturated carbocycles. The van der Waals surface area contributed by atoms with Gasteiger partial charge in [0.15, 0.2) is 0 Å². The van der Waals surface area contributed by atoms with Crippen LogP contribution in [0.4, 0.5) is 0 Å². The molecule has 0 aliphatic heterocycles. The van der Waals surface area contributed by atoms with Crippen LogP contribution in [-0.2, 0) is 4.79 Å². The van der Waals surface area contributed by atoms with E-state index in [9.17, 15) is 9.59 Å². The number of fused-ring (bicyclic) bond motifs is 2. The third-order valence-corrected chi connectivity index (χ3v) is 6.42. The molecule has 2 N–H and O–H groups in total. The fraction of sp³-hybridized carbons (Fsp3) is 0.688. The molecule has 2 bridgehead atoms. The van der Waals surface area contributed by atoms with E-state index in [4.69, 9.17) is 5.11 Å². The van der Waals surface area contributed by atoms with Gasteiger partial charge in [-0.2, -0.15) is 0 Å². The Labute approximate surface area is 134 Å². The Morgan fingerprint density at radius 2 is 2.18 bits per heavy atom. The summed E-state index contributed by atoms with van der Waals surface area (Å²) < 4.78 is 0. The van der Waals surface area contributed by atoms with E-state index in [-0.39, 0.29) is 16.8 Å². The number of carboxylic acid groups (broad SMARTS) is 1. The van der Waals surface area contributed by atoms with Gasteiger partial charge in [-0.05, 0) is 50.9 Å². The standard InChI is InChI=1S/C16H22N2O3S/c1-8-14(16(20)21)22-15(18-8)9(2)17-13(19)7-12-6-10-3-4-11(12)5-10/h9-12H,3-7H2,1-2H3,(H,17,19)(H,20,21). The Bertz CT molecular complexity index is 598. The first-order valence-corrected chi connectivity index (χ1v) is 8.75. The molecule has 4 atom stereocenters. The number of carboxylic acids is 1. The van der Waals surface area contributed by atoms with Crippen LogP contribution in [-0.4, -0.2) is 22.0 Å². The summed E-state index contributed by atoms with van der Waals surface area (Å²) in [6.07, 6.45) is 5.73. The lowest BCUT2D eigenvalue weighted by atomic mass is 9.86. The zero-order valence-corrected chi connectivity index (χ0v) is 13.8. The van der Waals surface area contributed by atoms with Gasteiger partial charge in [-0.15, -0.1) is 11.3 Å². The molecule has 3 rings (SSSR count). The molecule has 1 aromatic heterocycles. The van der Waals surface area contributed by atoms with E-state index in [1.54, 1.807) is 6.92 Å². The normalized spacial score (nSPS) is 27.8. The molecule has 0 radical (unpaired) electrons. The number of aryl methyl sites for hydroxylation is 1. The second-order valence-corrected chi connectivity index (χ2v) is 7.73. The van der Waals surface area contributed by atoms with Gasteiger partial charge in [-0.3, -0.25) is 4.79 Å². The number of hydrogen-bond donors (Lipinski definition) is 2. The monoisotopic (exact) mass is 322 g/mol. The van der Waals surface area contributed by atoms with Gasteiger partial charge in [0.05, 0.1) is 11.7 Å². The van der Waals surface area contributed by atoms with Gasteiger partial charge >= 0.3 is 5.97 Å². The Hall–Kier alpha value is -1.43. The van der Waals surface area contributed by atoms with Crippen molar-refractivity contribution in [3.8, 4) is 0 Å². The van der Waals surface area contributed by atoms with E-state index in [1.165, 1.54) is 25.7 Å². The summed E-state index contributed by atoms with van der Waals surface area (Å²) in [4.78, 5) is 27.8. The number of carbonyl (C=O) groups excluding carboxylic acids is 1. The molecule has 1 heterocycles. The Morgan fingerprint density at radius 3 is 2.73 bits per heavy atom. The van der Waals surface area contributed by atoms with Crippen molar-refractivity contribution in [1.82, 2.24) is 10.3 Å². The summed E-state index contributed by atoms with van der Waals surface area (Å²) in [5.74, 6) is 1.24. The molecule has 1 amide bonds. The van der Waals surface area contributed by atoms with Crippen LogP contribution in [0.25, 0.3) is 0 Å². The number of aromatic nitrogens is 1. The van der Waals surface area contributed by atoms with Gasteiger partial charge in [0.1, 0.15) is 9.88 Å².